The number of Topliss-reactive ketones (excluding diaryl/α,β-unsaturated/α-hetero) is 1. The molecule has 1 aromatic heterocycles. The fourth-order valence-corrected chi connectivity index (χ4v) is 3.20. The van der Waals surface area contributed by atoms with Crippen LogP contribution in [0.3, 0.4) is 0 Å². The molecule has 0 saturated heterocycles. The van der Waals surface area contributed by atoms with Crippen LogP contribution in [-0.4, -0.2) is 16.5 Å². The molecule has 5 heteroatoms. The molecule has 0 saturated carbocycles. The van der Waals surface area contributed by atoms with Crippen molar-refractivity contribution in [2.45, 2.75) is 52.8 Å². The Balaban J connectivity index is 2.40. The fourth-order valence-electron chi connectivity index (χ4n) is 3.20. The summed E-state index contributed by atoms with van der Waals surface area (Å²) in [6.45, 7) is 8.66. The molecule has 24 heavy (non-hydrogen) atoms. The van der Waals surface area contributed by atoms with Crippen molar-refractivity contribution in [2.24, 2.45) is 11.8 Å². The first-order valence-corrected chi connectivity index (χ1v) is 8.31. The molecule has 0 fully saturated rings. The molecule has 132 valence electrons. The third-order valence-corrected chi connectivity index (χ3v) is 4.12. The van der Waals surface area contributed by atoms with Gasteiger partial charge in [0.2, 0.25) is 0 Å². The minimum absolute atomic E-state index is 0.298. The van der Waals surface area contributed by atoms with E-state index in [4.69, 9.17) is 0 Å². The molecule has 0 aliphatic rings. The molecule has 0 spiro atoms. The smallest absolute Gasteiger partial charge is 0.344 e. The van der Waals surface area contributed by atoms with Crippen molar-refractivity contribution in [3.8, 4) is 0 Å². The average Bonchev–Trinajstić information content (AvgIpc) is 2.86. The van der Waals surface area contributed by atoms with Gasteiger partial charge in [-0.1, -0.05) is 27.7 Å². The number of aromatic nitrogens is 1. The zero-order chi connectivity index (χ0) is 18.1. The van der Waals surface area contributed by atoms with Gasteiger partial charge in [0.05, 0.1) is 0 Å². The second-order valence-corrected chi connectivity index (χ2v) is 7.24. The number of benzene rings is 1. The van der Waals surface area contributed by atoms with E-state index in [-0.39, 0.29) is 5.56 Å². The minimum atomic E-state index is -4.84. The topological polar surface area (TPSA) is 22.0 Å². The predicted octanol–water partition coefficient (Wildman–Crippen LogP) is 6.02. The van der Waals surface area contributed by atoms with Crippen LogP contribution < -0.4 is 0 Å². The van der Waals surface area contributed by atoms with Crippen molar-refractivity contribution in [2.75, 3.05) is 0 Å². The van der Waals surface area contributed by atoms with Crippen LogP contribution in [0.4, 0.5) is 13.2 Å². The van der Waals surface area contributed by atoms with Crippen LogP contribution in [0, 0.1) is 11.8 Å². The van der Waals surface area contributed by atoms with E-state index in [1.54, 1.807) is 12.1 Å². The van der Waals surface area contributed by atoms with Crippen LogP contribution in [-0.2, 0) is 0 Å². The maximum atomic E-state index is 12.6. The Kier molecular flexibility index (Phi) is 5.41. The number of hydrogen-bond acceptors (Lipinski definition) is 1. The van der Waals surface area contributed by atoms with Crippen molar-refractivity contribution < 1.29 is 18.0 Å². The van der Waals surface area contributed by atoms with E-state index in [2.05, 4.69) is 32.3 Å². The van der Waals surface area contributed by atoms with E-state index in [1.165, 1.54) is 12.1 Å². The Hall–Kier alpha value is -1.78. The molecule has 0 radical (unpaired) electrons. The third-order valence-electron chi connectivity index (χ3n) is 4.12. The number of halogens is 3. The molecule has 1 aromatic carbocycles. The number of ketones is 1. The van der Waals surface area contributed by atoms with Gasteiger partial charge in [-0.25, -0.2) is 0 Å². The van der Waals surface area contributed by atoms with Crippen molar-refractivity contribution in [1.82, 2.24) is 4.57 Å². The fraction of sp³-hybridized carbons (Fsp3) is 0.526. The summed E-state index contributed by atoms with van der Waals surface area (Å²) in [6.07, 6.45) is -0.910. The van der Waals surface area contributed by atoms with Crippen LogP contribution in [0.5, 0.6) is 0 Å². The number of rotatable bonds is 6. The lowest BCUT2D eigenvalue weighted by Crippen LogP contribution is -2.22. The first-order valence-electron chi connectivity index (χ1n) is 8.31. The van der Waals surface area contributed by atoms with Gasteiger partial charge in [0.15, 0.2) is 0 Å². The van der Waals surface area contributed by atoms with Crippen LogP contribution in [0.15, 0.2) is 30.5 Å². The summed E-state index contributed by atoms with van der Waals surface area (Å²) in [5, 5.41) is 0.669. The summed E-state index contributed by atoms with van der Waals surface area (Å²) in [4.78, 5) is 11.4. The maximum absolute atomic E-state index is 12.6. The number of carbonyl (C=O) groups is 1. The van der Waals surface area contributed by atoms with Crippen LogP contribution in [0.2, 0.25) is 0 Å². The van der Waals surface area contributed by atoms with Crippen LogP contribution in [0.25, 0.3) is 10.9 Å². The highest BCUT2D eigenvalue weighted by Gasteiger charge is 2.39. The Morgan fingerprint density at radius 2 is 1.62 bits per heavy atom. The lowest BCUT2D eigenvalue weighted by Gasteiger charge is -2.24. The van der Waals surface area contributed by atoms with Gasteiger partial charge in [-0.15, -0.1) is 0 Å². The van der Waals surface area contributed by atoms with Gasteiger partial charge in [0.25, 0.3) is 5.78 Å². The average molecular weight is 339 g/mol. The number of nitrogens with zero attached hydrogens (tertiary/aromatic N) is 1. The molecule has 0 bridgehead atoms. The van der Waals surface area contributed by atoms with Crippen molar-refractivity contribution in [3.63, 3.8) is 0 Å². The molecule has 2 aromatic rings. The third kappa shape index (κ3) is 4.19. The Labute approximate surface area is 140 Å². The van der Waals surface area contributed by atoms with Crippen LogP contribution in [0.1, 0.15) is 56.9 Å². The molecule has 0 amide bonds. The van der Waals surface area contributed by atoms with Gasteiger partial charge in [0.1, 0.15) is 0 Å². The molecule has 0 aliphatic heterocycles. The number of fused-ring (bicyclic) bond motifs is 1. The van der Waals surface area contributed by atoms with E-state index in [0.717, 1.165) is 18.4 Å². The first-order chi connectivity index (χ1) is 11.1. The number of hydrogen-bond donors (Lipinski definition) is 0. The molecule has 0 N–H and O–H groups in total. The zero-order valence-corrected chi connectivity index (χ0v) is 14.5. The second-order valence-electron chi connectivity index (χ2n) is 7.24. The minimum Gasteiger partial charge on any atom is -0.344 e. The van der Waals surface area contributed by atoms with E-state index in [0.29, 0.717) is 23.3 Å². The zero-order valence-electron chi connectivity index (χ0n) is 14.5. The van der Waals surface area contributed by atoms with Gasteiger partial charge in [-0.3, -0.25) is 4.79 Å². The normalized spacial score (nSPS) is 12.8. The molecule has 0 atom stereocenters. The van der Waals surface area contributed by atoms with E-state index in [9.17, 15) is 18.0 Å². The van der Waals surface area contributed by atoms with E-state index >= 15 is 0 Å². The molecule has 0 unspecified atom stereocenters. The standard InChI is InChI=1S/C19H24F3NO/c1-12(2)9-16(10-13(3)4)23-8-7-14-11-15(5-6-17(14)23)18(24)19(20,21)22/h5-8,11-13,16H,9-10H2,1-4H3. The van der Waals surface area contributed by atoms with Gasteiger partial charge >= 0.3 is 6.18 Å². The maximum Gasteiger partial charge on any atom is 0.454 e. The summed E-state index contributed by atoms with van der Waals surface area (Å²) in [7, 11) is 0. The summed E-state index contributed by atoms with van der Waals surface area (Å²) >= 11 is 0. The molecular weight excluding hydrogens is 315 g/mol. The SMILES string of the molecule is CC(C)CC(CC(C)C)n1ccc2cc(C(=O)C(F)(F)F)ccc21. The number of carbonyl (C=O) groups excluding carboxylic acids is 1. The van der Waals surface area contributed by atoms with Crippen molar-refractivity contribution in [1.29, 1.82) is 0 Å². The highest BCUT2D eigenvalue weighted by atomic mass is 19.4. The highest BCUT2D eigenvalue weighted by molar-refractivity contribution is 6.02. The summed E-state index contributed by atoms with van der Waals surface area (Å²) in [5.41, 5.74) is 0.567. The molecule has 2 rings (SSSR count). The summed E-state index contributed by atoms with van der Waals surface area (Å²) < 4.78 is 39.9. The molecule has 1 heterocycles. The van der Waals surface area contributed by atoms with E-state index in [1.807, 2.05) is 6.20 Å². The van der Waals surface area contributed by atoms with E-state index < -0.39 is 12.0 Å². The Morgan fingerprint density at radius 1 is 1.04 bits per heavy atom. The summed E-state index contributed by atoms with van der Waals surface area (Å²) in [5.74, 6) is -0.743. The van der Waals surface area contributed by atoms with Gasteiger partial charge < -0.3 is 4.57 Å². The van der Waals surface area contributed by atoms with Crippen molar-refractivity contribution in [3.05, 3.63) is 36.0 Å². The van der Waals surface area contributed by atoms with Crippen molar-refractivity contribution >= 4 is 16.7 Å². The van der Waals surface area contributed by atoms with Gasteiger partial charge in [-0.05, 0) is 48.9 Å². The predicted molar refractivity (Wildman–Crippen MR) is 90.3 cm³/mol. The second kappa shape index (κ2) is 6.99. The molecule has 2 nitrogen and oxygen atoms in total. The lowest BCUT2D eigenvalue weighted by atomic mass is 9.95. The quantitative estimate of drug-likeness (QED) is 0.590. The van der Waals surface area contributed by atoms with Gasteiger partial charge in [-0.2, -0.15) is 13.2 Å². The first kappa shape index (κ1) is 18.6. The Bertz CT molecular complexity index is 703. The number of alkyl halides is 3. The van der Waals surface area contributed by atoms with Crippen LogP contribution >= 0.6 is 0 Å². The highest BCUT2D eigenvalue weighted by Crippen LogP contribution is 2.31. The summed E-state index contributed by atoms with van der Waals surface area (Å²) in [6, 6.07) is 6.32. The van der Waals surface area contributed by atoms with Gasteiger partial charge in [0, 0.05) is 28.7 Å². The molecular formula is C19H24F3NO. The Morgan fingerprint density at radius 3 is 2.12 bits per heavy atom. The monoisotopic (exact) mass is 339 g/mol. The molecule has 0 aliphatic carbocycles. The lowest BCUT2D eigenvalue weighted by molar-refractivity contribution is -0.0885. The largest absolute Gasteiger partial charge is 0.454 e.